The van der Waals surface area contributed by atoms with E-state index in [1.54, 1.807) is 13.0 Å². The van der Waals surface area contributed by atoms with Gasteiger partial charge in [-0.25, -0.2) is 0 Å². The van der Waals surface area contributed by atoms with Gasteiger partial charge in [0, 0.05) is 24.1 Å². The summed E-state index contributed by atoms with van der Waals surface area (Å²) in [5.74, 6) is 0.945. The number of nitrogens with zero attached hydrogens (tertiary/aromatic N) is 3. The Hall–Kier alpha value is -2.84. The second-order valence-corrected chi connectivity index (χ2v) is 5.09. The van der Waals surface area contributed by atoms with Crippen LogP contribution in [0.25, 0.3) is 22.5 Å². The van der Waals surface area contributed by atoms with Crippen molar-refractivity contribution < 1.29 is 9.63 Å². The van der Waals surface area contributed by atoms with E-state index < -0.39 is 0 Å². The number of benzene rings is 2. The van der Waals surface area contributed by atoms with Gasteiger partial charge in [0.25, 0.3) is 0 Å². The predicted molar refractivity (Wildman–Crippen MR) is 81.3 cm³/mol. The molecular formula is C16H10ClN3O2. The number of phenols is 1. The maximum absolute atomic E-state index is 10.1. The molecule has 108 valence electrons. The van der Waals surface area contributed by atoms with Gasteiger partial charge < -0.3 is 9.63 Å². The smallest absolute Gasteiger partial charge is 0.223 e. The summed E-state index contributed by atoms with van der Waals surface area (Å²) in [6, 6.07) is 12.2. The van der Waals surface area contributed by atoms with Crippen molar-refractivity contribution in [2.45, 2.75) is 6.92 Å². The Balaban J connectivity index is 2.12. The number of aromatic nitrogens is 2. The van der Waals surface area contributed by atoms with Crippen molar-refractivity contribution in [3.05, 3.63) is 52.9 Å². The van der Waals surface area contributed by atoms with Gasteiger partial charge in [-0.3, -0.25) is 0 Å². The third-order valence-corrected chi connectivity index (χ3v) is 3.48. The number of hydrogen-bond acceptors (Lipinski definition) is 5. The predicted octanol–water partition coefficient (Wildman–Crippen LogP) is 3.94. The zero-order valence-electron chi connectivity index (χ0n) is 11.5. The van der Waals surface area contributed by atoms with Crippen LogP contribution in [0.5, 0.6) is 5.75 Å². The van der Waals surface area contributed by atoms with Gasteiger partial charge in [-0.1, -0.05) is 35.0 Å². The van der Waals surface area contributed by atoms with Gasteiger partial charge >= 0.3 is 0 Å². The van der Waals surface area contributed by atoms with Crippen LogP contribution in [-0.4, -0.2) is 15.2 Å². The van der Waals surface area contributed by atoms with Crippen LogP contribution in [-0.2, 0) is 0 Å². The maximum atomic E-state index is 10.1. The van der Waals surface area contributed by atoms with Crippen LogP contribution in [0.3, 0.4) is 0 Å². The zero-order valence-corrected chi connectivity index (χ0v) is 12.3. The highest BCUT2D eigenvalue weighted by Gasteiger charge is 2.12. The van der Waals surface area contributed by atoms with Gasteiger partial charge in [0.1, 0.15) is 11.8 Å². The first-order chi connectivity index (χ1) is 10.6. The molecule has 0 spiro atoms. The molecule has 0 saturated heterocycles. The Labute approximate surface area is 131 Å². The van der Waals surface area contributed by atoms with E-state index in [0.29, 0.717) is 22.8 Å². The molecule has 0 aliphatic rings. The minimum Gasteiger partial charge on any atom is -0.507 e. The molecule has 0 aliphatic heterocycles. The molecular weight excluding hydrogens is 302 g/mol. The molecule has 6 heteroatoms. The summed E-state index contributed by atoms with van der Waals surface area (Å²) in [7, 11) is 0. The molecule has 2 aromatic carbocycles. The highest BCUT2D eigenvalue weighted by molar-refractivity contribution is 6.32. The topological polar surface area (TPSA) is 82.9 Å². The summed E-state index contributed by atoms with van der Waals surface area (Å²) in [6.07, 6.45) is 0. The maximum Gasteiger partial charge on any atom is 0.223 e. The monoisotopic (exact) mass is 311 g/mol. The minimum absolute atomic E-state index is 0.00504. The van der Waals surface area contributed by atoms with Gasteiger partial charge in [0.05, 0.1) is 10.6 Å². The zero-order chi connectivity index (χ0) is 15.7. The average Bonchev–Trinajstić information content (AvgIpc) is 2.94. The fourth-order valence-electron chi connectivity index (χ4n) is 2.12. The number of rotatable bonds is 2. The Kier molecular flexibility index (Phi) is 3.53. The van der Waals surface area contributed by atoms with Crippen LogP contribution in [0.4, 0.5) is 0 Å². The van der Waals surface area contributed by atoms with E-state index in [1.807, 2.05) is 30.3 Å². The molecule has 0 atom stereocenters. The van der Waals surface area contributed by atoms with E-state index in [0.717, 1.165) is 11.1 Å². The first kappa shape index (κ1) is 14.1. The lowest BCUT2D eigenvalue weighted by molar-refractivity contribution is 0.394. The van der Waals surface area contributed by atoms with Crippen LogP contribution in [0.1, 0.15) is 11.5 Å². The van der Waals surface area contributed by atoms with Crippen molar-refractivity contribution in [2.75, 3.05) is 0 Å². The van der Waals surface area contributed by atoms with E-state index in [4.69, 9.17) is 21.4 Å². The standard InChI is InChI=1S/C16H10ClN3O2/c1-9-19-16(20-22-9)11-4-2-3-10(5-11)13-6-12(8-18)14(17)7-15(13)21/h2-7,21H,1H3. The molecule has 22 heavy (non-hydrogen) atoms. The van der Waals surface area contributed by atoms with Crippen molar-refractivity contribution in [1.82, 2.24) is 10.1 Å². The Bertz CT molecular complexity index is 897. The van der Waals surface area contributed by atoms with E-state index >= 15 is 0 Å². The highest BCUT2D eigenvalue weighted by atomic mass is 35.5. The van der Waals surface area contributed by atoms with Gasteiger partial charge in [0.2, 0.25) is 11.7 Å². The first-order valence-electron chi connectivity index (χ1n) is 6.42. The number of phenolic OH excluding ortho intramolecular Hbond substituents is 1. The van der Waals surface area contributed by atoms with Crippen molar-refractivity contribution in [1.29, 1.82) is 5.26 Å². The second-order valence-electron chi connectivity index (χ2n) is 4.68. The SMILES string of the molecule is Cc1nc(-c2cccc(-c3cc(C#N)c(Cl)cc3O)c2)no1. The number of hydrogen-bond donors (Lipinski definition) is 1. The Morgan fingerprint density at radius 1 is 1.23 bits per heavy atom. The van der Waals surface area contributed by atoms with Crippen LogP contribution >= 0.6 is 11.6 Å². The molecule has 1 N–H and O–H groups in total. The van der Waals surface area contributed by atoms with Crippen molar-refractivity contribution >= 4 is 11.6 Å². The van der Waals surface area contributed by atoms with E-state index in [9.17, 15) is 5.11 Å². The summed E-state index contributed by atoms with van der Waals surface area (Å²) in [4.78, 5) is 4.17. The Morgan fingerprint density at radius 3 is 2.68 bits per heavy atom. The summed E-state index contributed by atoms with van der Waals surface area (Å²) in [5, 5.41) is 23.2. The number of aromatic hydroxyl groups is 1. The van der Waals surface area contributed by atoms with E-state index in [-0.39, 0.29) is 10.8 Å². The highest BCUT2D eigenvalue weighted by Crippen LogP contribution is 2.35. The molecule has 3 rings (SSSR count). The molecule has 0 aliphatic carbocycles. The van der Waals surface area contributed by atoms with Crippen LogP contribution in [0, 0.1) is 18.3 Å². The molecule has 1 heterocycles. The van der Waals surface area contributed by atoms with Crippen LogP contribution in [0.15, 0.2) is 40.9 Å². The summed E-state index contributed by atoms with van der Waals surface area (Å²) >= 11 is 5.90. The van der Waals surface area contributed by atoms with Crippen molar-refractivity contribution in [3.8, 4) is 34.3 Å². The minimum atomic E-state index is 0.00504. The normalized spacial score (nSPS) is 10.4. The third kappa shape index (κ3) is 2.52. The molecule has 0 fully saturated rings. The summed E-state index contributed by atoms with van der Waals surface area (Å²) in [5.41, 5.74) is 2.30. The molecule has 0 amide bonds. The van der Waals surface area contributed by atoms with E-state index in [2.05, 4.69) is 10.1 Å². The number of halogens is 1. The fraction of sp³-hybridized carbons (Fsp3) is 0.0625. The molecule has 5 nitrogen and oxygen atoms in total. The van der Waals surface area contributed by atoms with Gasteiger partial charge in [-0.05, 0) is 17.7 Å². The number of aryl methyl sites for hydroxylation is 1. The number of nitriles is 1. The van der Waals surface area contributed by atoms with Gasteiger partial charge in [-0.15, -0.1) is 0 Å². The first-order valence-corrected chi connectivity index (χ1v) is 6.80. The quantitative estimate of drug-likeness (QED) is 0.775. The largest absolute Gasteiger partial charge is 0.507 e. The lowest BCUT2D eigenvalue weighted by Crippen LogP contribution is -1.86. The van der Waals surface area contributed by atoms with E-state index in [1.165, 1.54) is 6.07 Å². The molecule has 3 aromatic rings. The van der Waals surface area contributed by atoms with Crippen LogP contribution in [0.2, 0.25) is 5.02 Å². The van der Waals surface area contributed by atoms with Crippen LogP contribution < -0.4 is 0 Å². The lowest BCUT2D eigenvalue weighted by atomic mass is 10.00. The second kappa shape index (κ2) is 5.51. The van der Waals surface area contributed by atoms with Crippen molar-refractivity contribution in [2.24, 2.45) is 0 Å². The summed E-state index contributed by atoms with van der Waals surface area (Å²) < 4.78 is 4.97. The fourth-order valence-corrected chi connectivity index (χ4v) is 2.32. The molecule has 0 bridgehead atoms. The van der Waals surface area contributed by atoms with Gasteiger partial charge in [-0.2, -0.15) is 10.2 Å². The average molecular weight is 312 g/mol. The molecule has 0 unspecified atom stereocenters. The Morgan fingerprint density at radius 2 is 2.00 bits per heavy atom. The lowest BCUT2D eigenvalue weighted by Gasteiger charge is -2.07. The molecule has 0 radical (unpaired) electrons. The van der Waals surface area contributed by atoms with Gasteiger partial charge in [0.15, 0.2) is 0 Å². The molecule has 0 saturated carbocycles. The molecule has 1 aromatic heterocycles. The third-order valence-electron chi connectivity index (χ3n) is 3.17. The summed E-state index contributed by atoms with van der Waals surface area (Å²) in [6.45, 7) is 1.71. The van der Waals surface area contributed by atoms with Crippen molar-refractivity contribution in [3.63, 3.8) is 0 Å².